The first-order valence-corrected chi connectivity index (χ1v) is 10.1. The van der Waals surface area contributed by atoms with Crippen molar-refractivity contribution in [3.63, 3.8) is 0 Å². The number of hydrogen-bond donors (Lipinski definition) is 2. The molecule has 10 heteroatoms. The lowest BCUT2D eigenvalue weighted by Crippen LogP contribution is -2.32. The number of carbonyl (C=O) groups is 3. The highest BCUT2D eigenvalue weighted by Gasteiger charge is 2.16. The Morgan fingerprint density at radius 2 is 1.75 bits per heavy atom. The van der Waals surface area contributed by atoms with Crippen molar-refractivity contribution in [2.75, 3.05) is 19.5 Å². The third kappa shape index (κ3) is 5.70. The topological polar surface area (TPSA) is 115 Å². The largest absolute Gasteiger partial charge is 0.497 e. The molecule has 0 atom stereocenters. The highest BCUT2D eigenvalue weighted by atomic mass is 32.1. The second kappa shape index (κ2) is 10.7. The first-order valence-electron chi connectivity index (χ1n) is 9.23. The van der Waals surface area contributed by atoms with Crippen molar-refractivity contribution in [1.29, 1.82) is 0 Å². The molecule has 0 radical (unpaired) electrons. The maximum atomic E-state index is 12.2. The van der Waals surface area contributed by atoms with E-state index in [2.05, 4.69) is 15.8 Å². The average molecular weight is 453 g/mol. The van der Waals surface area contributed by atoms with Gasteiger partial charge in [-0.05, 0) is 35.7 Å². The van der Waals surface area contributed by atoms with Crippen molar-refractivity contribution in [3.05, 3.63) is 70.4 Å². The van der Waals surface area contributed by atoms with Gasteiger partial charge in [-0.15, -0.1) is 11.3 Å². The Kier molecular flexibility index (Phi) is 7.55. The third-order valence-corrected chi connectivity index (χ3v) is 4.93. The Balaban J connectivity index is 1.62. The Morgan fingerprint density at radius 3 is 2.47 bits per heavy atom. The monoisotopic (exact) mass is 453 g/mol. The lowest BCUT2D eigenvalue weighted by molar-refractivity contribution is -0.136. The molecule has 2 amide bonds. The Labute approximate surface area is 187 Å². The normalized spacial score (nSPS) is 10.4. The molecule has 0 bridgehead atoms. The predicted octanol–water partition coefficient (Wildman–Crippen LogP) is 3.07. The summed E-state index contributed by atoms with van der Waals surface area (Å²) in [6.45, 7) is 0. The van der Waals surface area contributed by atoms with E-state index >= 15 is 0 Å². The zero-order chi connectivity index (χ0) is 22.9. The number of nitrogens with one attached hydrogen (secondary N) is 2. The van der Waals surface area contributed by atoms with E-state index in [1.54, 1.807) is 60.0 Å². The molecule has 0 saturated heterocycles. The molecule has 1 heterocycles. The third-order valence-electron chi connectivity index (χ3n) is 4.08. The second-order valence-electron chi connectivity index (χ2n) is 6.12. The van der Waals surface area contributed by atoms with Crippen LogP contribution in [0.2, 0.25) is 0 Å². The lowest BCUT2D eigenvalue weighted by Gasteiger charge is -2.11. The van der Waals surface area contributed by atoms with Crippen LogP contribution in [0.1, 0.15) is 15.2 Å². The van der Waals surface area contributed by atoms with E-state index in [1.807, 2.05) is 0 Å². The molecule has 0 saturated carbocycles. The van der Waals surface area contributed by atoms with Gasteiger partial charge < -0.3 is 19.5 Å². The zero-order valence-electron chi connectivity index (χ0n) is 17.2. The summed E-state index contributed by atoms with van der Waals surface area (Å²) in [7, 11) is 2.93. The maximum absolute atomic E-state index is 12.2. The summed E-state index contributed by atoms with van der Waals surface area (Å²) in [5, 5.41) is 7.99. The van der Waals surface area contributed by atoms with Crippen LogP contribution in [-0.2, 0) is 9.59 Å². The molecule has 0 fully saturated rings. The van der Waals surface area contributed by atoms with E-state index in [0.717, 1.165) is 0 Å². The first-order chi connectivity index (χ1) is 15.5. The fraction of sp³-hybridized carbons (Fsp3) is 0.0909. The number of nitrogens with zero attached hydrogens (tertiary/aromatic N) is 1. The van der Waals surface area contributed by atoms with Crippen LogP contribution < -0.4 is 25.0 Å². The molecule has 9 nitrogen and oxygen atoms in total. The molecule has 0 aliphatic heterocycles. The van der Waals surface area contributed by atoms with Gasteiger partial charge in [-0.1, -0.05) is 18.2 Å². The number of anilines is 1. The van der Waals surface area contributed by atoms with Crippen LogP contribution in [0.25, 0.3) is 0 Å². The van der Waals surface area contributed by atoms with Gasteiger partial charge in [-0.3, -0.25) is 9.59 Å². The Morgan fingerprint density at radius 1 is 0.938 bits per heavy atom. The van der Waals surface area contributed by atoms with Gasteiger partial charge in [-0.25, -0.2) is 10.2 Å². The number of ether oxygens (including phenoxy) is 3. The highest BCUT2D eigenvalue weighted by Crippen LogP contribution is 2.28. The van der Waals surface area contributed by atoms with E-state index < -0.39 is 17.8 Å². The number of hydrazone groups is 1. The Bertz CT molecular complexity index is 1140. The quantitative estimate of drug-likeness (QED) is 0.187. The fourth-order valence-corrected chi connectivity index (χ4v) is 3.12. The summed E-state index contributed by atoms with van der Waals surface area (Å²) >= 11 is 1.26. The molecule has 164 valence electrons. The molecule has 0 aliphatic rings. The molecule has 2 aromatic carbocycles. The van der Waals surface area contributed by atoms with Crippen molar-refractivity contribution in [2.24, 2.45) is 5.10 Å². The molecule has 0 aliphatic carbocycles. The number of methoxy groups -OCH3 is 2. The number of carbonyl (C=O) groups excluding carboxylic acids is 3. The van der Waals surface area contributed by atoms with Crippen LogP contribution in [-0.4, -0.2) is 38.2 Å². The van der Waals surface area contributed by atoms with Crippen LogP contribution in [0.5, 0.6) is 17.2 Å². The molecule has 3 aromatic rings. The molecule has 32 heavy (non-hydrogen) atoms. The average Bonchev–Trinajstić information content (AvgIpc) is 3.35. The van der Waals surface area contributed by atoms with Gasteiger partial charge >= 0.3 is 17.8 Å². The minimum atomic E-state index is -0.993. The number of benzene rings is 2. The standard InChI is InChI=1S/C22H19N3O6S/c1-29-15-9-10-16(18(12-15)30-2)24-20(26)21(27)25-23-13-14-6-3-4-7-17(14)31-22(28)19-8-5-11-32-19/h3-13H,1-2H3,(H,24,26)(H,25,27)/b23-13+. The van der Waals surface area contributed by atoms with E-state index in [4.69, 9.17) is 14.2 Å². The molecular weight excluding hydrogens is 434 g/mol. The van der Waals surface area contributed by atoms with Crippen molar-refractivity contribution in [3.8, 4) is 17.2 Å². The minimum Gasteiger partial charge on any atom is -0.497 e. The van der Waals surface area contributed by atoms with Gasteiger partial charge in [0.1, 0.15) is 22.1 Å². The smallest absolute Gasteiger partial charge is 0.353 e. The van der Waals surface area contributed by atoms with Crippen molar-refractivity contribution >= 4 is 41.0 Å². The summed E-state index contributed by atoms with van der Waals surface area (Å²) < 4.78 is 15.7. The predicted molar refractivity (Wildman–Crippen MR) is 120 cm³/mol. The van der Waals surface area contributed by atoms with Gasteiger partial charge in [0, 0.05) is 11.6 Å². The number of rotatable bonds is 7. The van der Waals surface area contributed by atoms with Crippen molar-refractivity contribution < 1.29 is 28.6 Å². The molecule has 3 rings (SSSR count). The van der Waals surface area contributed by atoms with E-state index in [9.17, 15) is 14.4 Å². The molecule has 1 aromatic heterocycles. The Hall–Kier alpha value is -4.18. The van der Waals surface area contributed by atoms with Gasteiger partial charge in [0.2, 0.25) is 0 Å². The number of hydrogen-bond acceptors (Lipinski definition) is 8. The lowest BCUT2D eigenvalue weighted by atomic mass is 10.2. The van der Waals surface area contributed by atoms with Crippen LogP contribution in [0.3, 0.4) is 0 Å². The fourth-order valence-electron chi connectivity index (χ4n) is 2.52. The van der Waals surface area contributed by atoms with Gasteiger partial charge in [-0.2, -0.15) is 5.10 Å². The van der Waals surface area contributed by atoms with E-state index in [1.165, 1.54) is 31.8 Å². The zero-order valence-corrected chi connectivity index (χ0v) is 18.0. The second-order valence-corrected chi connectivity index (χ2v) is 7.07. The van der Waals surface area contributed by atoms with Crippen LogP contribution in [0.4, 0.5) is 5.69 Å². The van der Waals surface area contributed by atoms with Gasteiger partial charge in [0.15, 0.2) is 0 Å². The van der Waals surface area contributed by atoms with Crippen LogP contribution in [0, 0.1) is 0 Å². The number of thiophene rings is 1. The number of esters is 1. The maximum Gasteiger partial charge on any atom is 0.353 e. The highest BCUT2D eigenvalue weighted by molar-refractivity contribution is 7.12. The molecule has 2 N–H and O–H groups in total. The van der Waals surface area contributed by atoms with E-state index in [0.29, 0.717) is 27.6 Å². The summed E-state index contributed by atoms with van der Waals surface area (Å²) in [6, 6.07) is 14.8. The van der Waals surface area contributed by atoms with Crippen molar-refractivity contribution in [1.82, 2.24) is 5.43 Å². The summed E-state index contributed by atoms with van der Waals surface area (Å²) in [6.07, 6.45) is 1.27. The summed E-state index contributed by atoms with van der Waals surface area (Å²) in [5.74, 6) is -1.31. The van der Waals surface area contributed by atoms with Gasteiger partial charge in [0.05, 0.1) is 26.1 Å². The summed E-state index contributed by atoms with van der Waals surface area (Å²) in [5.41, 5.74) is 2.87. The number of amides is 2. The molecule has 0 unspecified atom stereocenters. The SMILES string of the molecule is COc1ccc(NC(=O)C(=O)N/N=C/c2ccccc2OC(=O)c2cccs2)c(OC)c1. The minimum absolute atomic E-state index is 0.260. The summed E-state index contributed by atoms with van der Waals surface area (Å²) in [4.78, 5) is 36.9. The number of para-hydroxylation sites is 1. The molecule has 0 spiro atoms. The van der Waals surface area contributed by atoms with Crippen LogP contribution in [0.15, 0.2) is 65.1 Å². The van der Waals surface area contributed by atoms with Crippen molar-refractivity contribution in [2.45, 2.75) is 0 Å². The van der Waals surface area contributed by atoms with Crippen LogP contribution >= 0.6 is 11.3 Å². The van der Waals surface area contributed by atoms with E-state index in [-0.39, 0.29) is 5.75 Å². The van der Waals surface area contributed by atoms with Gasteiger partial charge in [0.25, 0.3) is 0 Å². The first kappa shape index (κ1) is 22.5. The molecular formula is C22H19N3O6S.